The van der Waals surface area contributed by atoms with E-state index in [-0.39, 0.29) is 0 Å². The lowest BCUT2D eigenvalue weighted by Gasteiger charge is -2.35. The molecule has 0 rings (SSSR count). The molecule has 8 N–H and O–H groups in total. The first-order valence-corrected chi connectivity index (χ1v) is 12.2. The van der Waals surface area contributed by atoms with Crippen LogP contribution < -0.4 is 0 Å². The van der Waals surface area contributed by atoms with Crippen LogP contribution in [0.15, 0.2) is 0 Å². The number of carbonyl (C=O) groups excluding carboxylic acids is 4. The van der Waals surface area contributed by atoms with Crippen LogP contribution in [0.1, 0.15) is 20.8 Å². The van der Waals surface area contributed by atoms with Crippen molar-refractivity contribution in [1.82, 2.24) is 0 Å². The van der Waals surface area contributed by atoms with Crippen LogP contribution in [0, 0.1) is 27.6 Å². The predicted molar refractivity (Wildman–Crippen MR) is 131 cm³/mol. The first-order chi connectivity index (χ1) is 18.7. The fraction of sp³-hybridized carbons (Fsp3) is 0.833. The Morgan fingerprint density at radius 1 is 0.500 bits per heavy atom. The maximum atomic E-state index is 12.6. The smallest absolute Gasteiger partial charge is 0.316 e. The van der Waals surface area contributed by atoms with Crippen molar-refractivity contribution in [2.24, 2.45) is 27.6 Å². The Morgan fingerprint density at radius 3 is 0.975 bits per heavy atom. The van der Waals surface area contributed by atoms with Crippen molar-refractivity contribution in [3.05, 3.63) is 0 Å². The molecule has 16 heteroatoms. The Hall–Kier alpha value is -2.44. The van der Waals surface area contributed by atoms with E-state index in [0.717, 1.165) is 0 Å². The second-order valence-corrected chi connectivity index (χ2v) is 10.5. The number of aliphatic hydroxyl groups is 8. The summed E-state index contributed by atoms with van der Waals surface area (Å²) in [6, 6.07) is 0. The Morgan fingerprint density at radius 2 is 0.750 bits per heavy atom. The van der Waals surface area contributed by atoms with E-state index in [1.165, 1.54) is 20.8 Å². The topological polar surface area (TPSA) is 267 Å². The van der Waals surface area contributed by atoms with Crippen molar-refractivity contribution in [3.8, 4) is 0 Å². The van der Waals surface area contributed by atoms with Gasteiger partial charge in [0.15, 0.2) is 0 Å². The zero-order valence-electron chi connectivity index (χ0n) is 22.9. The second kappa shape index (κ2) is 16.7. The number of rotatable bonds is 20. The average molecular weight is 587 g/mol. The minimum absolute atomic E-state index is 0.802. The molecule has 0 saturated heterocycles. The summed E-state index contributed by atoms with van der Waals surface area (Å²) in [5.41, 5.74) is -7.27. The highest BCUT2D eigenvalue weighted by atomic mass is 16.6. The van der Waals surface area contributed by atoms with E-state index >= 15 is 0 Å². The Bertz CT molecular complexity index is 728. The molecule has 40 heavy (non-hydrogen) atoms. The predicted octanol–water partition coefficient (Wildman–Crippen LogP) is -4.28. The van der Waals surface area contributed by atoms with E-state index in [2.05, 4.69) is 0 Å². The van der Waals surface area contributed by atoms with Gasteiger partial charge in [-0.15, -0.1) is 0 Å². The molecule has 0 amide bonds. The molecule has 234 valence electrons. The maximum absolute atomic E-state index is 12.6. The number of aliphatic hydroxyl groups excluding tert-OH is 8. The van der Waals surface area contributed by atoms with Gasteiger partial charge in [0.2, 0.25) is 0 Å². The molecule has 0 atom stereocenters. The molecule has 0 aliphatic carbocycles. The lowest BCUT2D eigenvalue weighted by atomic mass is 9.89. The van der Waals surface area contributed by atoms with E-state index in [4.69, 9.17) is 18.9 Å². The summed E-state index contributed by atoms with van der Waals surface area (Å²) >= 11 is 0. The SMILES string of the molecule is CC(CO)(CO)C(=O)OCC(COC(=O)C(CO)CO)(COC(=O)C(C)(CO)CO)COC(=O)C(C)(CO)CO. The third kappa shape index (κ3) is 9.88. The molecular weight excluding hydrogens is 544 g/mol. The number of hydrogen-bond acceptors (Lipinski definition) is 16. The van der Waals surface area contributed by atoms with Gasteiger partial charge >= 0.3 is 23.9 Å². The minimum Gasteiger partial charge on any atom is -0.464 e. The van der Waals surface area contributed by atoms with E-state index < -0.39 is 131 Å². The summed E-state index contributed by atoms with van der Waals surface area (Å²) in [6.07, 6.45) is 0. The molecular formula is C24H42O16. The summed E-state index contributed by atoms with van der Waals surface area (Å²) < 4.78 is 20.8. The van der Waals surface area contributed by atoms with Gasteiger partial charge in [-0.1, -0.05) is 0 Å². The highest BCUT2D eigenvalue weighted by Gasteiger charge is 2.44. The number of ether oxygens (including phenoxy) is 4. The van der Waals surface area contributed by atoms with Crippen LogP contribution >= 0.6 is 0 Å². The van der Waals surface area contributed by atoms with Gasteiger partial charge in [0.25, 0.3) is 0 Å². The maximum Gasteiger partial charge on any atom is 0.316 e. The van der Waals surface area contributed by atoms with Crippen molar-refractivity contribution in [1.29, 1.82) is 0 Å². The standard InChI is InChI=1S/C24H42O16/c1-21(6-27,7-28)18(34)38-13-24(12-37-17(33)16(4-25)5-26,14-39-19(35)22(2,8-29)9-30)15-40-20(36)23(3,10-31)11-32/h16,25-32H,4-15H2,1-3H3. The number of hydrogen-bond donors (Lipinski definition) is 8. The largest absolute Gasteiger partial charge is 0.464 e. The molecule has 0 aromatic heterocycles. The van der Waals surface area contributed by atoms with Crippen molar-refractivity contribution < 1.29 is 79.0 Å². The Kier molecular flexibility index (Phi) is 15.7. The molecule has 0 spiro atoms. The molecule has 16 nitrogen and oxygen atoms in total. The van der Waals surface area contributed by atoms with E-state index in [1.807, 2.05) is 0 Å². The highest BCUT2D eigenvalue weighted by Crippen LogP contribution is 2.28. The molecule has 0 bridgehead atoms. The van der Waals surface area contributed by atoms with Crippen LogP contribution in [0.5, 0.6) is 0 Å². The molecule has 0 heterocycles. The number of esters is 4. The van der Waals surface area contributed by atoms with Gasteiger partial charge in [-0.05, 0) is 20.8 Å². The first kappa shape index (κ1) is 37.6. The highest BCUT2D eigenvalue weighted by molar-refractivity contribution is 5.78. The van der Waals surface area contributed by atoms with Crippen LogP contribution in [0.3, 0.4) is 0 Å². The molecule has 0 aliphatic heterocycles. The lowest BCUT2D eigenvalue weighted by molar-refractivity contribution is -0.185. The average Bonchev–Trinajstić information content (AvgIpc) is 2.98. The summed E-state index contributed by atoms with van der Waals surface area (Å²) in [6.45, 7) is -6.41. The molecule has 0 aromatic rings. The molecule has 0 radical (unpaired) electrons. The number of carbonyl (C=O) groups is 4. The van der Waals surface area contributed by atoms with Gasteiger partial charge in [0, 0.05) is 0 Å². The zero-order chi connectivity index (χ0) is 31.2. The quantitative estimate of drug-likeness (QED) is 0.0495. The van der Waals surface area contributed by atoms with Gasteiger partial charge in [0.05, 0.1) is 52.9 Å². The van der Waals surface area contributed by atoms with Gasteiger partial charge in [-0.3, -0.25) is 19.2 Å². The fourth-order valence-corrected chi connectivity index (χ4v) is 2.51. The zero-order valence-corrected chi connectivity index (χ0v) is 22.9. The molecule has 0 aliphatic rings. The third-order valence-electron chi connectivity index (χ3n) is 6.40. The van der Waals surface area contributed by atoms with Crippen LogP contribution in [0.4, 0.5) is 0 Å². The Balaban J connectivity index is 6.42. The summed E-state index contributed by atoms with van der Waals surface area (Å²) in [4.78, 5) is 50.2. The van der Waals surface area contributed by atoms with Crippen LogP contribution in [0.2, 0.25) is 0 Å². The fourth-order valence-electron chi connectivity index (χ4n) is 2.51. The van der Waals surface area contributed by atoms with Crippen LogP contribution in [-0.4, -0.2) is 144 Å². The van der Waals surface area contributed by atoms with E-state index in [9.17, 15) is 60.0 Å². The van der Waals surface area contributed by atoms with Crippen LogP contribution in [0.25, 0.3) is 0 Å². The summed E-state index contributed by atoms with van der Waals surface area (Å²) in [5.74, 6) is -5.92. The minimum atomic E-state index is -1.92. The van der Waals surface area contributed by atoms with Crippen molar-refractivity contribution in [2.75, 3.05) is 79.3 Å². The van der Waals surface area contributed by atoms with E-state index in [0.29, 0.717) is 0 Å². The third-order valence-corrected chi connectivity index (χ3v) is 6.40. The normalized spacial score (nSPS) is 12.7. The monoisotopic (exact) mass is 586 g/mol. The molecule has 0 unspecified atom stereocenters. The van der Waals surface area contributed by atoms with Crippen LogP contribution in [-0.2, 0) is 38.1 Å². The van der Waals surface area contributed by atoms with Gasteiger partial charge in [0.1, 0.15) is 54.0 Å². The lowest BCUT2D eigenvalue weighted by Crippen LogP contribution is -2.49. The van der Waals surface area contributed by atoms with Crippen molar-refractivity contribution >= 4 is 23.9 Å². The molecule has 0 saturated carbocycles. The van der Waals surface area contributed by atoms with Crippen molar-refractivity contribution in [2.45, 2.75) is 20.8 Å². The van der Waals surface area contributed by atoms with Gasteiger partial charge in [-0.2, -0.15) is 0 Å². The van der Waals surface area contributed by atoms with Gasteiger partial charge in [-0.25, -0.2) is 0 Å². The second-order valence-electron chi connectivity index (χ2n) is 10.5. The summed E-state index contributed by atoms with van der Waals surface area (Å²) in [7, 11) is 0. The first-order valence-electron chi connectivity index (χ1n) is 12.2. The summed E-state index contributed by atoms with van der Waals surface area (Å²) in [5, 5.41) is 75.6. The molecule has 0 fully saturated rings. The Labute approximate surface area is 231 Å². The van der Waals surface area contributed by atoms with Gasteiger partial charge < -0.3 is 59.8 Å². The van der Waals surface area contributed by atoms with Crippen molar-refractivity contribution in [3.63, 3.8) is 0 Å². The van der Waals surface area contributed by atoms with E-state index in [1.54, 1.807) is 0 Å². The molecule has 0 aromatic carbocycles.